The number of H-pyrrole nitrogens is 1. The molecule has 23 heavy (non-hydrogen) atoms. The van der Waals surface area contributed by atoms with Gasteiger partial charge in [-0.3, -0.25) is 10.1 Å². The Morgan fingerprint density at radius 3 is 2.83 bits per heavy atom. The monoisotopic (exact) mass is 337 g/mol. The van der Waals surface area contributed by atoms with E-state index in [1.807, 2.05) is 6.07 Å². The largest absolute Gasteiger partial charge is 0.444 e. The van der Waals surface area contributed by atoms with Crippen LogP contribution in [-0.2, 0) is 4.74 Å². The Bertz CT molecular complexity index is 721. The van der Waals surface area contributed by atoms with E-state index in [2.05, 4.69) is 10.3 Å². The maximum atomic E-state index is 11.5. The summed E-state index contributed by atoms with van der Waals surface area (Å²) >= 11 is 1.45. The summed E-state index contributed by atoms with van der Waals surface area (Å²) < 4.78 is 5.14. The normalized spacial score (nSPS) is 11.4. The van der Waals surface area contributed by atoms with E-state index in [-0.39, 0.29) is 5.69 Å². The number of rotatable bonds is 5. The average Bonchev–Trinajstić information content (AvgIpc) is 2.89. The highest BCUT2D eigenvalue weighted by Crippen LogP contribution is 2.31. The van der Waals surface area contributed by atoms with Gasteiger partial charge in [0.2, 0.25) is 0 Å². The molecule has 2 rings (SSSR count). The number of nitrogens with one attached hydrogen (secondary N) is 2. The third-order valence-corrected chi connectivity index (χ3v) is 3.91. The second-order valence-electron chi connectivity index (χ2n) is 5.92. The molecule has 124 valence electrons. The number of fused-ring (bicyclic) bond motifs is 1. The van der Waals surface area contributed by atoms with Crippen molar-refractivity contribution in [2.45, 2.75) is 31.3 Å². The molecular formula is C15H19N3O4S. The van der Waals surface area contributed by atoms with E-state index in [9.17, 15) is 14.9 Å². The van der Waals surface area contributed by atoms with Crippen molar-refractivity contribution in [2.75, 3.05) is 12.3 Å². The number of nitro benzene ring substituents is 1. The maximum Gasteiger partial charge on any atom is 0.407 e. The molecule has 1 aromatic heterocycles. The molecule has 0 aliphatic rings. The number of aromatic nitrogens is 1. The van der Waals surface area contributed by atoms with Crippen LogP contribution in [0.25, 0.3) is 10.9 Å². The Morgan fingerprint density at radius 1 is 1.43 bits per heavy atom. The van der Waals surface area contributed by atoms with Crippen LogP contribution in [0.1, 0.15) is 20.8 Å². The van der Waals surface area contributed by atoms with E-state index in [0.717, 1.165) is 15.8 Å². The van der Waals surface area contributed by atoms with Crippen molar-refractivity contribution in [3.63, 3.8) is 0 Å². The number of carbonyl (C=O) groups excluding carboxylic acids is 1. The van der Waals surface area contributed by atoms with Crippen LogP contribution in [0.15, 0.2) is 29.3 Å². The van der Waals surface area contributed by atoms with Crippen LogP contribution in [-0.4, -0.2) is 33.9 Å². The Labute approximate surface area is 137 Å². The number of alkyl carbamates (subject to hydrolysis) is 1. The molecule has 0 aliphatic heterocycles. The molecule has 0 atom stereocenters. The summed E-state index contributed by atoms with van der Waals surface area (Å²) in [6, 6.07) is 4.94. The summed E-state index contributed by atoms with van der Waals surface area (Å²) in [6.07, 6.45) is 1.28. The summed E-state index contributed by atoms with van der Waals surface area (Å²) in [5.74, 6) is 0.584. The van der Waals surface area contributed by atoms with Gasteiger partial charge in [-0.2, -0.15) is 0 Å². The molecule has 2 N–H and O–H groups in total. The Morgan fingerprint density at radius 2 is 2.17 bits per heavy atom. The number of thioether (sulfide) groups is 1. The number of ether oxygens (including phenoxy) is 1. The van der Waals surface area contributed by atoms with Crippen LogP contribution >= 0.6 is 11.8 Å². The predicted molar refractivity (Wildman–Crippen MR) is 89.9 cm³/mol. The fraction of sp³-hybridized carbons (Fsp3) is 0.400. The summed E-state index contributed by atoms with van der Waals surface area (Å²) in [5.41, 5.74) is 0.235. The van der Waals surface area contributed by atoms with Crippen molar-refractivity contribution in [1.29, 1.82) is 0 Å². The summed E-state index contributed by atoms with van der Waals surface area (Å²) in [5, 5.41) is 14.6. The quantitative estimate of drug-likeness (QED) is 0.375. The van der Waals surface area contributed by atoms with Crippen molar-refractivity contribution >= 4 is 34.4 Å². The molecule has 1 amide bonds. The first-order chi connectivity index (χ1) is 10.8. The topological polar surface area (TPSA) is 97.3 Å². The highest BCUT2D eigenvalue weighted by atomic mass is 32.2. The first kappa shape index (κ1) is 17.1. The number of carbonyl (C=O) groups is 1. The second kappa shape index (κ2) is 6.91. The molecule has 0 saturated heterocycles. The van der Waals surface area contributed by atoms with Crippen molar-refractivity contribution in [2.24, 2.45) is 0 Å². The number of aromatic amines is 1. The highest BCUT2D eigenvalue weighted by Gasteiger charge is 2.16. The molecule has 8 heteroatoms. The van der Waals surface area contributed by atoms with Crippen molar-refractivity contribution in [3.05, 3.63) is 34.5 Å². The SMILES string of the molecule is CC(C)(C)OC(=O)NCCSc1cc([N+](=O)[O-])cc2[nH]ccc12. The molecule has 0 unspecified atom stereocenters. The van der Waals surface area contributed by atoms with Crippen LogP contribution in [0.5, 0.6) is 0 Å². The minimum Gasteiger partial charge on any atom is -0.444 e. The van der Waals surface area contributed by atoms with Crippen LogP contribution in [0.4, 0.5) is 10.5 Å². The molecule has 0 saturated carbocycles. The van der Waals surface area contributed by atoms with E-state index >= 15 is 0 Å². The van der Waals surface area contributed by atoms with Crippen molar-refractivity contribution in [1.82, 2.24) is 10.3 Å². The maximum absolute atomic E-state index is 11.5. The highest BCUT2D eigenvalue weighted by molar-refractivity contribution is 7.99. The van der Waals surface area contributed by atoms with Crippen LogP contribution in [0.2, 0.25) is 0 Å². The van der Waals surface area contributed by atoms with Gasteiger partial charge in [0.15, 0.2) is 0 Å². The zero-order valence-corrected chi connectivity index (χ0v) is 14.0. The lowest BCUT2D eigenvalue weighted by molar-refractivity contribution is -0.384. The van der Waals surface area contributed by atoms with Crippen LogP contribution < -0.4 is 5.32 Å². The minimum absolute atomic E-state index is 0.0440. The van der Waals surface area contributed by atoms with E-state index in [0.29, 0.717) is 12.3 Å². The third kappa shape index (κ3) is 4.88. The van der Waals surface area contributed by atoms with Gasteiger partial charge in [0, 0.05) is 40.9 Å². The first-order valence-corrected chi connectivity index (χ1v) is 8.10. The Hall–Kier alpha value is -2.22. The van der Waals surface area contributed by atoms with Gasteiger partial charge in [-0.1, -0.05) is 0 Å². The molecule has 1 aromatic carbocycles. The van der Waals surface area contributed by atoms with Gasteiger partial charge < -0.3 is 15.0 Å². The summed E-state index contributed by atoms with van der Waals surface area (Å²) in [7, 11) is 0. The summed E-state index contributed by atoms with van der Waals surface area (Å²) in [6.45, 7) is 5.81. The fourth-order valence-electron chi connectivity index (χ4n) is 1.97. The number of nitro groups is 1. The van der Waals surface area contributed by atoms with Gasteiger partial charge >= 0.3 is 6.09 Å². The van der Waals surface area contributed by atoms with E-state index in [1.165, 1.54) is 17.8 Å². The number of nitrogens with zero attached hydrogens (tertiary/aromatic N) is 1. The second-order valence-corrected chi connectivity index (χ2v) is 7.05. The molecule has 2 aromatic rings. The van der Waals surface area contributed by atoms with E-state index in [4.69, 9.17) is 4.74 Å². The van der Waals surface area contributed by atoms with Gasteiger partial charge in [-0.05, 0) is 26.8 Å². The zero-order chi connectivity index (χ0) is 17.0. The van der Waals surface area contributed by atoms with Gasteiger partial charge in [-0.25, -0.2) is 4.79 Å². The minimum atomic E-state index is -0.533. The Kier molecular flexibility index (Phi) is 5.15. The summed E-state index contributed by atoms with van der Waals surface area (Å²) in [4.78, 5) is 25.9. The van der Waals surface area contributed by atoms with Gasteiger partial charge in [0.1, 0.15) is 5.60 Å². The molecule has 0 radical (unpaired) electrons. The fourth-order valence-corrected chi connectivity index (χ4v) is 2.93. The lowest BCUT2D eigenvalue weighted by atomic mass is 10.2. The lowest BCUT2D eigenvalue weighted by Gasteiger charge is -2.19. The standard InChI is InChI=1S/C15H19N3O4S/c1-15(2,3)22-14(19)17-6-7-23-13-9-10(18(20)21)8-12-11(13)4-5-16-12/h4-5,8-9,16H,6-7H2,1-3H3,(H,17,19). The molecule has 0 aliphatic carbocycles. The molecular weight excluding hydrogens is 318 g/mol. The lowest BCUT2D eigenvalue weighted by Crippen LogP contribution is -2.33. The van der Waals surface area contributed by atoms with E-state index in [1.54, 1.807) is 33.0 Å². The molecule has 0 fully saturated rings. The number of benzene rings is 1. The molecule has 1 heterocycles. The number of hydrogen-bond acceptors (Lipinski definition) is 5. The predicted octanol–water partition coefficient (Wildman–Crippen LogP) is 3.69. The Balaban J connectivity index is 1.96. The molecule has 0 spiro atoms. The van der Waals surface area contributed by atoms with Gasteiger partial charge in [0.05, 0.1) is 10.4 Å². The van der Waals surface area contributed by atoms with Crippen molar-refractivity contribution < 1.29 is 14.5 Å². The van der Waals surface area contributed by atoms with Crippen LogP contribution in [0, 0.1) is 10.1 Å². The van der Waals surface area contributed by atoms with Crippen LogP contribution in [0.3, 0.4) is 0 Å². The van der Waals surface area contributed by atoms with Gasteiger partial charge in [-0.15, -0.1) is 11.8 Å². The zero-order valence-electron chi connectivity index (χ0n) is 13.2. The first-order valence-electron chi connectivity index (χ1n) is 7.11. The third-order valence-electron chi connectivity index (χ3n) is 2.85. The average molecular weight is 337 g/mol. The van der Waals surface area contributed by atoms with Crippen molar-refractivity contribution in [3.8, 4) is 0 Å². The number of hydrogen-bond donors (Lipinski definition) is 2. The van der Waals surface area contributed by atoms with E-state index < -0.39 is 16.6 Å². The smallest absolute Gasteiger partial charge is 0.407 e. The number of amides is 1. The number of non-ortho nitro benzene ring substituents is 1. The van der Waals surface area contributed by atoms with Gasteiger partial charge in [0.25, 0.3) is 5.69 Å². The molecule has 7 nitrogen and oxygen atoms in total. The molecule has 0 bridgehead atoms.